The van der Waals surface area contributed by atoms with Crippen LogP contribution in [0.25, 0.3) is 0 Å². The maximum absolute atomic E-state index is 11.5. The van der Waals surface area contributed by atoms with Gasteiger partial charge in [-0.25, -0.2) is 0 Å². The van der Waals surface area contributed by atoms with Crippen molar-refractivity contribution in [3.8, 4) is 0 Å². The predicted octanol–water partition coefficient (Wildman–Crippen LogP) is 2.34. The minimum Gasteiger partial charge on any atom is -0.356 e. The van der Waals surface area contributed by atoms with Crippen molar-refractivity contribution in [1.82, 2.24) is 5.32 Å². The van der Waals surface area contributed by atoms with Gasteiger partial charge in [-0.1, -0.05) is 20.3 Å². The second-order valence-electron chi connectivity index (χ2n) is 4.06. The van der Waals surface area contributed by atoms with E-state index in [-0.39, 0.29) is 11.8 Å². The Morgan fingerprint density at radius 1 is 1.38 bits per heavy atom. The lowest BCUT2D eigenvalue weighted by atomic mass is 9.85. The highest BCUT2D eigenvalue weighted by atomic mass is 16.1. The zero-order valence-electron chi connectivity index (χ0n) is 8.81. The first-order valence-corrected chi connectivity index (χ1v) is 5.55. The van der Waals surface area contributed by atoms with E-state index in [0.29, 0.717) is 0 Å². The Balaban J connectivity index is 2.14. The lowest BCUT2D eigenvalue weighted by Gasteiger charge is -2.26. The summed E-state index contributed by atoms with van der Waals surface area (Å²) in [7, 11) is 0. The van der Waals surface area contributed by atoms with Crippen LogP contribution < -0.4 is 5.32 Å². The van der Waals surface area contributed by atoms with Gasteiger partial charge in [-0.2, -0.15) is 0 Å². The van der Waals surface area contributed by atoms with Gasteiger partial charge in [0.2, 0.25) is 5.91 Å². The second kappa shape index (κ2) is 5.25. The van der Waals surface area contributed by atoms with Crippen LogP contribution in [-0.4, -0.2) is 12.5 Å². The Labute approximate surface area is 81.1 Å². The molecule has 13 heavy (non-hydrogen) atoms. The molecule has 76 valence electrons. The number of amides is 1. The van der Waals surface area contributed by atoms with Crippen molar-refractivity contribution in [3.05, 3.63) is 0 Å². The van der Waals surface area contributed by atoms with Crippen LogP contribution in [0.15, 0.2) is 0 Å². The molecule has 0 unspecified atom stereocenters. The second-order valence-corrected chi connectivity index (χ2v) is 4.06. The average molecular weight is 183 g/mol. The molecule has 0 atom stereocenters. The van der Waals surface area contributed by atoms with Crippen LogP contribution in [0.1, 0.15) is 46.0 Å². The highest BCUT2D eigenvalue weighted by molar-refractivity contribution is 5.78. The quantitative estimate of drug-likeness (QED) is 0.696. The summed E-state index contributed by atoms with van der Waals surface area (Å²) in [6.45, 7) is 5.07. The van der Waals surface area contributed by atoms with E-state index >= 15 is 0 Å². The molecule has 1 fully saturated rings. The summed E-state index contributed by atoms with van der Waals surface area (Å²) in [6.07, 6.45) is 5.90. The van der Waals surface area contributed by atoms with Gasteiger partial charge in [0.25, 0.3) is 0 Å². The maximum Gasteiger partial charge on any atom is 0.223 e. The predicted molar refractivity (Wildman–Crippen MR) is 54.4 cm³/mol. The first kappa shape index (κ1) is 10.6. The molecule has 1 saturated carbocycles. The van der Waals surface area contributed by atoms with Gasteiger partial charge in [0.15, 0.2) is 0 Å². The molecule has 0 spiro atoms. The molecule has 1 aliphatic carbocycles. The third kappa shape index (κ3) is 3.02. The molecule has 1 amide bonds. The smallest absolute Gasteiger partial charge is 0.223 e. The number of hydrogen-bond donors (Lipinski definition) is 1. The molecule has 0 aliphatic heterocycles. The van der Waals surface area contributed by atoms with Crippen molar-refractivity contribution in [2.24, 2.45) is 11.8 Å². The molecular weight excluding hydrogens is 162 g/mol. The fourth-order valence-electron chi connectivity index (χ4n) is 1.75. The summed E-state index contributed by atoms with van der Waals surface area (Å²) in [6, 6.07) is 0. The largest absolute Gasteiger partial charge is 0.356 e. The lowest BCUT2D eigenvalue weighted by Crippen LogP contribution is -2.35. The van der Waals surface area contributed by atoms with Crippen molar-refractivity contribution >= 4 is 5.91 Å². The maximum atomic E-state index is 11.5. The first-order chi connectivity index (χ1) is 6.27. The standard InChI is InChI=1S/C11H21NO/c1-3-10(4-2)11(13)12-8-9-6-5-7-9/h9-10H,3-8H2,1-2H3,(H,12,13). The third-order valence-electron chi connectivity index (χ3n) is 3.15. The number of nitrogens with one attached hydrogen (secondary N) is 1. The Hall–Kier alpha value is -0.530. The normalized spacial score (nSPS) is 17.2. The number of hydrogen-bond acceptors (Lipinski definition) is 1. The summed E-state index contributed by atoms with van der Waals surface area (Å²) in [5.41, 5.74) is 0. The topological polar surface area (TPSA) is 29.1 Å². The molecule has 0 bridgehead atoms. The number of carbonyl (C=O) groups excluding carboxylic acids is 1. The van der Waals surface area contributed by atoms with Crippen LogP contribution in [-0.2, 0) is 4.79 Å². The Morgan fingerprint density at radius 2 is 2.00 bits per heavy atom. The number of carbonyl (C=O) groups is 1. The molecular formula is C11H21NO. The van der Waals surface area contributed by atoms with E-state index < -0.39 is 0 Å². The highest BCUT2D eigenvalue weighted by Crippen LogP contribution is 2.25. The van der Waals surface area contributed by atoms with Crippen LogP contribution in [0.5, 0.6) is 0 Å². The Morgan fingerprint density at radius 3 is 2.38 bits per heavy atom. The van der Waals surface area contributed by atoms with Crippen molar-refractivity contribution in [3.63, 3.8) is 0 Å². The zero-order chi connectivity index (χ0) is 9.68. The van der Waals surface area contributed by atoms with E-state index in [9.17, 15) is 4.79 Å². The Kier molecular flexibility index (Phi) is 4.26. The van der Waals surface area contributed by atoms with Crippen LogP contribution in [0.3, 0.4) is 0 Å². The van der Waals surface area contributed by atoms with Crippen molar-refractivity contribution < 1.29 is 4.79 Å². The summed E-state index contributed by atoms with van der Waals surface area (Å²) in [5, 5.41) is 3.05. The first-order valence-electron chi connectivity index (χ1n) is 5.55. The van der Waals surface area contributed by atoms with Crippen LogP contribution >= 0.6 is 0 Å². The highest BCUT2D eigenvalue weighted by Gasteiger charge is 2.19. The zero-order valence-corrected chi connectivity index (χ0v) is 8.81. The van der Waals surface area contributed by atoms with Crippen LogP contribution in [0.4, 0.5) is 0 Å². The van der Waals surface area contributed by atoms with E-state index in [1.807, 2.05) is 0 Å². The summed E-state index contributed by atoms with van der Waals surface area (Å²) in [5.74, 6) is 1.27. The summed E-state index contributed by atoms with van der Waals surface area (Å²) < 4.78 is 0. The molecule has 0 aromatic carbocycles. The van der Waals surface area contributed by atoms with E-state index in [0.717, 1.165) is 25.3 Å². The molecule has 0 saturated heterocycles. The van der Waals surface area contributed by atoms with E-state index in [1.54, 1.807) is 0 Å². The van der Waals surface area contributed by atoms with Gasteiger partial charge in [-0.15, -0.1) is 0 Å². The number of rotatable bonds is 5. The van der Waals surface area contributed by atoms with Gasteiger partial charge >= 0.3 is 0 Å². The molecule has 0 aromatic heterocycles. The summed E-state index contributed by atoms with van der Waals surface area (Å²) >= 11 is 0. The van der Waals surface area contributed by atoms with Crippen molar-refractivity contribution in [1.29, 1.82) is 0 Å². The van der Waals surface area contributed by atoms with Gasteiger partial charge in [0, 0.05) is 12.5 Å². The van der Waals surface area contributed by atoms with Gasteiger partial charge in [-0.05, 0) is 31.6 Å². The van der Waals surface area contributed by atoms with Crippen LogP contribution in [0, 0.1) is 11.8 Å². The van der Waals surface area contributed by atoms with Gasteiger partial charge < -0.3 is 5.32 Å². The monoisotopic (exact) mass is 183 g/mol. The molecule has 2 heteroatoms. The minimum atomic E-state index is 0.236. The molecule has 2 nitrogen and oxygen atoms in total. The van der Waals surface area contributed by atoms with E-state index in [2.05, 4.69) is 19.2 Å². The molecule has 0 aromatic rings. The fraction of sp³-hybridized carbons (Fsp3) is 0.909. The third-order valence-corrected chi connectivity index (χ3v) is 3.15. The molecule has 0 heterocycles. The van der Waals surface area contributed by atoms with Gasteiger partial charge in [0.05, 0.1) is 0 Å². The van der Waals surface area contributed by atoms with Crippen molar-refractivity contribution in [2.75, 3.05) is 6.54 Å². The van der Waals surface area contributed by atoms with E-state index in [4.69, 9.17) is 0 Å². The summed E-state index contributed by atoms with van der Waals surface area (Å²) in [4.78, 5) is 11.5. The minimum absolute atomic E-state index is 0.236. The Bertz CT molecular complexity index is 159. The van der Waals surface area contributed by atoms with Gasteiger partial charge in [-0.3, -0.25) is 4.79 Å². The molecule has 1 rings (SSSR count). The SMILES string of the molecule is CCC(CC)C(=O)NCC1CCC1. The van der Waals surface area contributed by atoms with Crippen molar-refractivity contribution in [2.45, 2.75) is 46.0 Å². The molecule has 0 radical (unpaired) electrons. The van der Waals surface area contributed by atoms with E-state index in [1.165, 1.54) is 19.3 Å². The molecule has 1 N–H and O–H groups in total. The lowest BCUT2D eigenvalue weighted by molar-refractivity contribution is -0.125. The molecule has 1 aliphatic rings. The van der Waals surface area contributed by atoms with Gasteiger partial charge in [0.1, 0.15) is 0 Å². The average Bonchev–Trinajstić information content (AvgIpc) is 2.04. The fourth-order valence-corrected chi connectivity index (χ4v) is 1.75. The van der Waals surface area contributed by atoms with Crippen LogP contribution in [0.2, 0.25) is 0 Å².